The first-order valence-electron chi connectivity index (χ1n) is 7.94. The number of hydrogen-bond donors (Lipinski definition) is 1. The number of nitrogens with one attached hydrogen (secondary N) is 1. The van der Waals surface area contributed by atoms with Crippen molar-refractivity contribution in [2.24, 2.45) is 0 Å². The van der Waals surface area contributed by atoms with Crippen molar-refractivity contribution >= 4 is 21.6 Å². The van der Waals surface area contributed by atoms with Gasteiger partial charge in [0.1, 0.15) is 10.6 Å². The zero-order valence-electron chi connectivity index (χ0n) is 15.1. The van der Waals surface area contributed by atoms with Gasteiger partial charge in [-0.2, -0.15) is 0 Å². The van der Waals surface area contributed by atoms with Crippen molar-refractivity contribution in [3.05, 3.63) is 47.0 Å². The summed E-state index contributed by atoms with van der Waals surface area (Å²) in [6.07, 6.45) is 0.539. The highest BCUT2D eigenvalue weighted by Crippen LogP contribution is 2.33. The van der Waals surface area contributed by atoms with Crippen molar-refractivity contribution in [2.45, 2.75) is 24.3 Å². The lowest BCUT2D eigenvalue weighted by Crippen LogP contribution is -2.28. The zero-order valence-corrected chi connectivity index (χ0v) is 16.6. The molecule has 1 atom stereocenters. The van der Waals surface area contributed by atoms with Gasteiger partial charge in [0, 0.05) is 11.1 Å². The average Bonchev–Trinajstić information content (AvgIpc) is 2.65. The van der Waals surface area contributed by atoms with Gasteiger partial charge < -0.3 is 14.2 Å². The fraction of sp³-hybridized carbons (Fsp3) is 0.333. The minimum Gasteiger partial charge on any atom is -0.495 e. The molecule has 0 spiro atoms. The van der Waals surface area contributed by atoms with Gasteiger partial charge in [-0.3, -0.25) is 0 Å². The van der Waals surface area contributed by atoms with Gasteiger partial charge in [-0.1, -0.05) is 24.6 Å². The highest BCUT2D eigenvalue weighted by atomic mass is 35.5. The van der Waals surface area contributed by atoms with Gasteiger partial charge in [-0.15, -0.1) is 0 Å². The van der Waals surface area contributed by atoms with Crippen molar-refractivity contribution in [1.82, 2.24) is 4.72 Å². The Morgan fingerprint density at radius 2 is 1.58 bits per heavy atom. The molecular formula is C18H22ClNO5S. The van der Waals surface area contributed by atoms with Crippen molar-refractivity contribution in [3.63, 3.8) is 0 Å². The summed E-state index contributed by atoms with van der Waals surface area (Å²) in [6, 6.07) is 9.30. The second-order valence-electron chi connectivity index (χ2n) is 5.49. The van der Waals surface area contributed by atoms with E-state index in [-0.39, 0.29) is 10.6 Å². The average molecular weight is 400 g/mol. The Bertz CT molecular complexity index is 870. The molecule has 0 aliphatic rings. The van der Waals surface area contributed by atoms with Crippen LogP contribution in [0.25, 0.3) is 0 Å². The molecule has 0 saturated heterocycles. The Labute approximate surface area is 159 Å². The summed E-state index contributed by atoms with van der Waals surface area (Å²) in [5.41, 5.74) is 0.759. The number of benzene rings is 2. The van der Waals surface area contributed by atoms with E-state index in [1.54, 1.807) is 31.4 Å². The van der Waals surface area contributed by atoms with Gasteiger partial charge in [-0.05, 0) is 42.3 Å². The molecule has 0 heterocycles. The third kappa shape index (κ3) is 4.41. The molecular weight excluding hydrogens is 378 g/mol. The van der Waals surface area contributed by atoms with E-state index in [1.807, 2.05) is 6.92 Å². The molecule has 6 nitrogen and oxygen atoms in total. The normalized spacial score (nSPS) is 12.5. The van der Waals surface area contributed by atoms with Crippen LogP contribution in [0.3, 0.4) is 0 Å². The molecule has 0 amide bonds. The SMILES string of the molecule is CCC(NS(=O)(=O)c1cc(Cl)ccc1OC)c1ccc(OC)c(OC)c1. The number of hydrogen-bond acceptors (Lipinski definition) is 5. The van der Waals surface area contributed by atoms with E-state index in [2.05, 4.69) is 4.72 Å². The van der Waals surface area contributed by atoms with E-state index in [9.17, 15) is 8.42 Å². The lowest BCUT2D eigenvalue weighted by Gasteiger charge is -2.20. The minimum absolute atomic E-state index is 0.00794. The monoisotopic (exact) mass is 399 g/mol. The van der Waals surface area contributed by atoms with Crippen LogP contribution in [0.15, 0.2) is 41.3 Å². The van der Waals surface area contributed by atoms with Crippen LogP contribution in [0.2, 0.25) is 5.02 Å². The third-order valence-corrected chi connectivity index (χ3v) is 5.66. The molecule has 0 aliphatic carbocycles. The van der Waals surface area contributed by atoms with Crippen LogP contribution in [-0.2, 0) is 10.0 Å². The molecule has 26 heavy (non-hydrogen) atoms. The summed E-state index contributed by atoms with van der Waals surface area (Å²) < 4.78 is 44.1. The highest BCUT2D eigenvalue weighted by Gasteiger charge is 2.24. The first-order chi connectivity index (χ1) is 12.4. The summed E-state index contributed by atoms with van der Waals surface area (Å²) in [4.78, 5) is -0.00794. The summed E-state index contributed by atoms with van der Waals surface area (Å²) >= 11 is 5.96. The Balaban J connectivity index is 2.39. The Morgan fingerprint density at radius 3 is 2.15 bits per heavy atom. The Morgan fingerprint density at radius 1 is 0.962 bits per heavy atom. The maximum atomic E-state index is 12.9. The molecule has 8 heteroatoms. The minimum atomic E-state index is -3.85. The van der Waals surface area contributed by atoms with Crippen molar-refractivity contribution in [1.29, 1.82) is 0 Å². The fourth-order valence-corrected chi connectivity index (χ4v) is 4.31. The summed E-state index contributed by atoms with van der Waals surface area (Å²) in [5.74, 6) is 1.33. The van der Waals surface area contributed by atoms with Crippen LogP contribution in [0, 0.1) is 0 Å². The molecule has 0 radical (unpaired) electrons. The number of methoxy groups -OCH3 is 3. The largest absolute Gasteiger partial charge is 0.495 e. The first-order valence-corrected chi connectivity index (χ1v) is 9.80. The number of halogens is 1. The van der Waals surface area contributed by atoms with Gasteiger partial charge in [0.15, 0.2) is 11.5 Å². The molecule has 0 aliphatic heterocycles. The maximum Gasteiger partial charge on any atom is 0.244 e. The molecule has 1 unspecified atom stereocenters. The highest BCUT2D eigenvalue weighted by molar-refractivity contribution is 7.89. The predicted molar refractivity (Wildman–Crippen MR) is 101 cm³/mol. The van der Waals surface area contributed by atoms with E-state index in [1.165, 1.54) is 26.4 Å². The molecule has 0 bridgehead atoms. The third-order valence-electron chi connectivity index (χ3n) is 3.93. The number of sulfonamides is 1. The van der Waals surface area contributed by atoms with Gasteiger partial charge in [0.2, 0.25) is 10.0 Å². The quantitative estimate of drug-likeness (QED) is 0.730. The predicted octanol–water partition coefficient (Wildman–Crippen LogP) is 3.80. The van der Waals surface area contributed by atoms with E-state index in [0.717, 1.165) is 5.56 Å². The lowest BCUT2D eigenvalue weighted by molar-refractivity contribution is 0.354. The van der Waals surface area contributed by atoms with Crippen LogP contribution in [0.5, 0.6) is 17.2 Å². The van der Waals surface area contributed by atoms with Crippen LogP contribution >= 0.6 is 11.6 Å². The van der Waals surface area contributed by atoms with Gasteiger partial charge in [0.25, 0.3) is 0 Å². The van der Waals surface area contributed by atoms with E-state index in [0.29, 0.717) is 22.9 Å². The van der Waals surface area contributed by atoms with Gasteiger partial charge >= 0.3 is 0 Å². The summed E-state index contributed by atoms with van der Waals surface area (Å²) in [5, 5.41) is 0.311. The molecule has 2 aromatic rings. The van der Waals surface area contributed by atoms with E-state index in [4.69, 9.17) is 25.8 Å². The molecule has 142 valence electrons. The molecule has 2 aromatic carbocycles. The molecule has 0 fully saturated rings. The van der Waals surface area contributed by atoms with E-state index >= 15 is 0 Å². The molecule has 0 aromatic heterocycles. The second kappa shape index (κ2) is 8.62. The van der Waals surface area contributed by atoms with Crippen molar-refractivity contribution in [3.8, 4) is 17.2 Å². The van der Waals surface area contributed by atoms with Crippen LogP contribution in [0.1, 0.15) is 24.9 Å². The summed E-state index contributed by atoms with van der Waals surface area (Å²) in [6.45, 7) is 1.89. The molecule has 1 N–H and O–H groups in total. The van der Waals surface area contributed by atoms with Crippen LogP contribution < -0.4 is 18.9 Å². The standard InChI is InChI=1S/C18H22ClNO5S/c1-5-14(12-6-8-15(23-2)17(10-12)25-4)20-26(21,22)18-11-13(19)7-9-16(18)24-3/h6-11,14,20H,5H2,1-4H3. The van der Waals surface area contributed by atoms with E-state index < -0.39 is 16.1 Å². The smallest absolute Gasteiger partial charge is 0.244 e. The lowest BCUT2D eigenvalue weighted by atomic mass is 10.1. The Hall–Kier alpha value is -1.96. The first kappa shape index (κ1) is 20.4. The second-order valence-corrected chi connectivity index (χ2v) is 7.61. The van der Waals surface area contributed by atoms with Crippen molar-refractivity contribution < 1.29 is 22.6 Å². The number of rotatable bonds is 8. The van der Waals surface area contributed by atoms with Crippen LogP contribution in [-0.4, -0.2) is 29.7 Å². The maximum absolute atomic E-state index is 12.9. The number of ether oxygens (including phenoxy) is 3. The topological polar surface area (TPSA) is 73.9 Å². The van der Waals surface area contributed by atoms with Gasteiger partial charge in [-0.25, -0.2) is 13.1 Å². The molecule has 2 rings (SSSR count). The van der Waals surface area contributed by atoms with Gasteiger partial charge in [0.05, 0.1) is 21.3 Å². The summed E-state index contributed by atoms with van der Waals surface area (Å²) in [7, 11) is 0.635. The van der Waals surface area contributed by atoms with Crippen LogP contribution in [0.4, 0.5) is 0 Å². The van der Waals surface area contributed by atoms with Crippen molar-refractivity contribution in [2.75, 3.05) is 21.3 Å². The zero-order chi connectivity index (χ0) is 19.3. The molecule has 0 saturated carbocycles. The Kier molecular flexibility index (Phi) is 6.75. The fourth-order valence-electron chi connectivity index (χ4n) is 2.57.